The van der Waals surface area contributed by atoms with Crippen molar-refractivity contribution in [2.24, 2.45) is 0 Å². The Hall–Kier alpha value is -2.24. The van der Waals surface area contributed by atoms with E-state index < -0.39 is 0 Å². The lowest BCUT2D eigenvalue weighted by Gasteiger charge is -2.23. The molecule has 26 heavy (non-hydrogen) atoms. The van der Waals surface area contributed by atoms with Crippen LogP contribution in [-0.2, 0) is 9.59 Å². The van der Waals surface area contributed by atoms with Gasteiger partial charge in [0.05, 0.1) is 28.0 Å². The highest BCUT2D eigenvalue weighted by Gasteiger charge is 2.19. The van der Waals surface area contributed by atoms with Crippen LogP contribution in [0.1, 0.15) is 20.3 Å². The molecule has 2 aromatic carbocycles. The van der Waals surface area contributed by atoms with E-state index in [0.29, 0.717) is 33.8 Å². The number of nitrogens with zero attached hydrogens (tertiary/aromatic N) is 1. The van der Waals surface area contributed by atoms with Gasteiger partial charge < -0.3 is 15.0 Å². The zero-order valence-corrected chi connectivity index (χ0v) is 16.1. The lowest BCUT2D eigenvalue weighted by molar-refractivity contribution is -0.117. The van der Waals surface area contributed by atoms with Crippen molar-refractivity contribution in [1.82, 2.24) is 0 Å². The summed E-state index contributed by atoms with van der Waals surface area (Å²) in [5, 5.41) is 3.52. The van der Waals surface area contributed by atoms with E-state index >= 15 is 0 Å². The van der Waals surface area contributed by atoms with Gasteiger partial charge in [0.15, 0.2) is 0 Å². The monoisotopic (exact) mass is 394 g/mol. The Morgan fingerprint density at radius 3 is 2.35 bits per heavy atom. The van der Waals surface area contributed by atoms with Gasteiger partial charge in [0.2, 0.25) is 11.8 Å². The summed E-state index contributed by atoms with van der Waals surface area (Å²) >= 11 is 12.3. The molecule has 0 unspecified atom stereocenters. The molecule has 0 aromatic heterocycles. The number of carbonyl (C=O) groups is 2. The van der Waals surface area contributed by atoms with Crippen molar-refractivity contribution in [3.8, 4) is 5.75 Å². The minimum Gasteiger partial charge on any atom is -0.492 e. The lowest BCUT2D eigenvalue weighted by Crippen LogP contribution is -2.32. The van der Waals surface area contributed by atoms with Crippen LogP contribution in [0.15, 0.2) is 42.5 Å². The third-order valence-electron chi connectivity index (χ3n) is 3.61. The highest BCUT2D eigenvalue weighted by molar-refractivity contribution is 6.39. The third kappa shape index (κ3) is 5.13. The minimum absolute atomic E-state index is 0.0849. The molecule has 138 valence electrons. The first-order valence-corrected chi connectivity index (χ1v) is 8.93. The molecular weight excluding hydrogens is 375 g/mol. The summed E-state index contributed by atoms with van der Waals surface area (Å²) in [6.45, 7) is 3.93. The average Bonchev–Trinajstić information content (AvgIpc) is 2.59. The van der Waals surface area contributed by atoms with E-state index in [9.17, 15) is 9.59 Å². The molecule has 2 aromatic rings. The number of nitrogens with one attached hydrogen (secondary N) is 1. The maximum Gasteiger partial charge on any atom is 0.226 e. The van der Waals surface area contributed by atoms with Crippen molar-refractivity contribution in [2.75, 3.05) is 23.4 Å². The molecule has 2 amide bonds. The summed E-state index contributed by atoms with van der Waals surface area (Å²) in [5.74, 6) is 0.106. The Kier molecular flexibility index (Phi) is 7.30. The second kappa shape index (κ2) is 9.46. The van der Waals surface area contributed by atoms with Crippen LogP contribution in [0.4, 0.5) is 11.4 Å². The molecular formula is C19H20Cl2N2O3. The first-order chi connectivity index (χ1) is 12.4. The van der Waals surface area contributed by atoms with Crippen LogP contribution in [0.2, 0.25) is 10.0 Å². The zero-order valence-electron chi connectivity index (χ0n) is 14.6. The van der Waals surface area contributed by atoms with Crippen LogP contribution in [-0.4, -0.2) is 25.0 Å². The summed E-state index contributed by atoms with van der Waals surface area (Å²) < 4.78 is 5.49. The van der Waals surface area contributed by atoms with Crippen LogP contribution in [0.5, 0.6) is 5.75 Å². The van der Waals surface area contributed by atoms with Crippen LogP contribution in [0, 0.1) is 0 Å². The molecule has 0 saturated carbocycles. The van der Waals surface area contributed by atoms with Crippen molar-refractivity contribution >= 4 is 46.4 Å². The first kappa shape index (κ1) is 20.1. The van der Waals surface area contributed by atoms with Crippen molar-refractivity contribution in [3.63, 3.8) is 0 Å². The fraction of sp³-hybridized carbons (Fsp3) is 0.263. The second-order valence-corrected chi connectivity index (χ2v) is 6.28. The molecule has 2 rings (SSSR count). The van der Waals surface area contributed by atoms with Gasteiger partial charge in [-0.3, -0.25) is 9.59 Å². The number of hydrogen-bond acceptors (Lipinski definition) is 3. The Morgan fingerprint density at radius 2 is 1.73 bits per heavy atom. The summed E-state index contributed by atoms with van der Waals surface area (Å²) in [5.41, 5.74) is 0.996. The number of hydrogen-bond donors (Lipinski definition) is 1. The van der Waals surface area contributed by atoms with Gasteiger partial charge in [-0.2, -0.15) is 0 Å². The molecule has 0 fully saturated rings. The quantitative estimate of drug-likeness (QED) is 0.735. The summed E-state index contributed by atoms with van der Waals surface area (Å²) in [6, 6.07) is 12.2. The number of rotatable bonds is 7. The minimum atomic E-state index is -0.248. The number of para-hydroxylation sites is 3. The van der Waals surface area contributed by atoms with Crippen molar-refractivity contribution in [1.29, 1.82) is 0 Å². The molecule has 0 aliphatic carbocycles. The van der Waals surface area contributed by atoms with E-state index in [2.05, 4.69) is 5.32 Å². The van der Waals surface area contributed by atoms with Gasteiger partial charge in [-0.25, -0.2) is 0 Å². The van der Waals surface area contributed by atoms with Gasteiger partial charge in [0, 0.05) is 19.9 Å². The predicted molar refractivity (Wildman–Crippen MR) is 105 cm³/mol. The van der Waals surface area contributed by atoms with Crippen LogP contribution in [0.25, 0.3) is 0 Å². The molecule has 0 aliphatic heterocycles. The highest BCUT2D eigenvalue weighted by atomic mass is 35.5. The SMILES string of the molecule is CCOc1ccccc1NC(=O)CCN(C(C)=O)c1c(Cl)cccc1Cl. The maximum atomic E-state index is 12.3. The van der Waals surface area contributed by atoms with E-state index in [1.807, 2.05) is 19.1 Å². The molecule has 0 saturated heterocycles. The largest absolute Gasteiger partial charge is 0.492 e. The molecule has 1 N–H and O–H groups in total. The topological polar surface area (TPSA) is 58.6 Å². The number of anilines is 2. The van der Waals surface area contributed by atoms with Gasteiger partial charge in [0.1, 0.15) is 5.75 Å². The number of amides is 2. The predicted octanol–water partition coefficient (Wildman–Crippen LogP) is 4.77. The van der Waals surface area contributed by atoms with E-state index in [-0.39, 0.29) is 24.8 Å². The molecule has 0 heterocycles. The van der Waals surface area contributed by atoms with Gasteiger partial charge in [-0.15, -0.1) is 0 Å². The van der Waals surface area contributed by atoms with E-state index in [0.717, 1.165) is 0 Å². The standard InChI is InChI=1S/C19H20Cl2N2O3/c1-3-26-17-10-5-4-9-16(17)22-18(25)11-12-23(13(2)24)19-14(20)7-6-8-15(19)21/h4-10H,3,11-12H2,1-2H3,(H,22,25). The molecule has 0 spiro atoms. The Labute approximate surface area is 162 Å². The van der Waals surface area contributed by atoms with Crippen LogP contribution in [0.3, 0.4) is 0 Å². The third-order valence-corrected chi connectivity index (χ3v) is 4.22. The Morgan fingerprint density at radius 1 is 1.08 bits per heavy atom. The molecule has 0 bridgehead atoms. The Balaban J connectivity index is 2.08. The fourth-order valence-electron chi connectivity index (χ4n) is 2.45. The van der Waals surface area contributed by atoms with Gasteiger partial charge in [0.25, 0.3) is 0 Å². The lowest BCUT2D eigenvalue weighted by atomic mass is 10.2. The van der Waals surface area contributed by atoms with Crippen LogP contribution >= 0.6 is 23.2 Å². The highest BCUT2D eigenvalue weighted by Crippen LogP contribution is 2.33. The average molecular weight is 395 g/mol. The number of carbonyl (C=O) groups excluding carboxylic acids is 2. The Bertz CT molecular complexity index is 776. The van der Waals surface area contributed by atoms with E-state index in [1.54, 1.807) is 30.3 Å². The number of ether oxygens (including phenoxy) is 1. The smallest absolute Gasteiger partial charge is 0.226 e. The van der Waals surface area contributed by atoms with Crippen molar-refractivity contribution in [2.45, 2.75) is 20.3 Å². The van der Waals surface area contributed by atoms with Crippen molar-refractivity contribution in [3.05, 3.63) is 52.5 Å². The second-order valence-electron chi connectivity index (χ2n) is 5.47. The van der Waals surface area contributed by atoms with Crippen LogP contribution < -0.4 is 15.0 Å². The van der Waals surface area contributed by atoms with Gasteiger partial charge >= 0.3 is 0 Å². The number of benzene rings is 2. The summed E-state index contributed by atoms with van der Waals surface area (Å²) in [6.07, 6.45) is 0.0849. The number of halogens is 2. The summed E-state index contributed by atoms with van der Waals surface area (Å²) in [4.78, 5) is 25.7. The van der Waals surface area contributed by atoms with E-state index in [4.69, 9.17) is 27.9 Å². The fourth-order valence-corrected chi connectivity index (χ4v) is 3.05. The first-order valence-electron chi connectivity index (χ1n) is 8.17. The molecule has 5 nitrogen and oxygen atoms in total. The molecule has 7 heteroatoms. The normalized spacial score (nSPS) is 10.3. The molecule has 0 aliphatic rings. The van der Waals surface area contributed by atoms with Gasteiger partial charge in [-0.1, -0.05) is 41.4 Å². The molecule has 0 radical (unpaired) electrons. The van der Waals surface area contributed by atoms with Crippen molar-refractivity contribution < 1.29 is 14.3 Å². The van der Waals surface area contributed by atoms with Gasteiger partial charge in [-0.05, 0) is 31.2 Å². The summed E-state index contributed by atoms with van der Waals surface area (Å²) in [7, 11) is 0. The molecule has 0 atom stereocenters. The van der Waals surface area contributed by atoms with E-state index in [1.165, 1.54) is 11.8 Å². The zero-order chi connectivity index (χ0) is 19.1. The maximum absolute atomic E-state index is 12.3.